The van der Waals surface area contributed by atoms with Crippen LogP contribution >= 0.6 is 15.9 Å². The molecule has 5 heterocycles. The molecule has 0 saturated heterocycles. The van der Waals surface area contributed by atoms with Gasteiger partial charge >= 0.3 is 0 Å². The van der Waals surface area contributed by atoms with Gasteiger partial charge in [0.25, 0.3) is 0 Å². The van der Waals surface area contributed by atoms with Crippen LogP contribution < -0.4 is 0 Å². The number of benzene rings is 12. The van der Waals surface area contributed by atoms with Gasteiger partial charge in [-0.05, 0) is 104 Å². The van der Waals surface area contributed by atoms with Crippen LogP contribution in [0.25, 0.3) is 149 Å². The van der Waals surface area contributed by atoms with Crippen LogP contribution in [0.3, 0.4) is 0 Å². The van der Waals surface area contributed by atoms with Gasteiger partial charge in [-0.2, -0.15) is 0 Å². The molecule has 0 N–H and O–H groups in total. The summed E-state index contributed by atoms with van der Waals surface area (Å²) < 4.78 is 28.8. The highest BCUT2D eigenvalue weighted by Crippen LogP contribution is 2.46. The van der Waals surface area contributed by atoms with Gasteiger partial charge < -0.3 is 22.2 Å². The lowest BCUT2D eigenvalue weighted by atomic mass is 9.97. The number of hydrogen-bond acceptors (Lipinski definition) is 4. The van der Waals surface area contributed by atoms with E-state index in [9.17, 15) is 0 Å². The molecule has 0 aliphatic heterocycles. The highest BCUT2D eigenvalue weighted by molar-refractivity contribution is 9.10. The molecule has 1 aliphatic carbocycles. The summed E-state index contributed by atoms with van der Waals surface area (Å²) in [5.74, 6) is 0. The van der Waals surface area contributed by atoms with Crippen molar-refractivity contribution >= 4 is 125 Å². The second-order valence-electron chi connectivity index (χ2n) is 20.3. The Morgan fingerprint density at radius 1 is 0.266 bits per heavy atom. The number of furan rings is 4. The monoisotopic (exact) mass is 1080 g/mol. The number of aromatic nitrogens is 1. The minimum Gasteiger partial charge on any atom is -0.455 e. The van der Waals surface area contributed by atoms with E-state index in [2.05, 4.69) is 221 Å². The highest BCUT2D eigenvalue weighted by atomic mass is 79.9. The summed E-state index contributed by atoms with van der Waals surface area (Å²) in [7, 11) is 0. The fraction of sp³-hybridized carbons (Fsp3) is 0.0137. The van der Waals surface area contributed by atoms with E-state index < -0.39 is 0 Å². The minimum atomic E-state index is 0.865. The topological polar surface area (TPSA) is 57.5 Å². The fourth-order valence-corrected chi connectivity index (χ4v) is 12.9. The predicted molar refractivity (Wildman–Crippen MR) is 330 cm³/mol. The Morgan fingerprint density at radius 2 is 0.633 bits per heavy atom. The second-order valence-corrected chi connectivity index (χ2v) is 21.1. The lowest BCUT2D eigenvalue weighted by Crippen LogP contribution is -1.94. The number of rotatable bonds is 3. The van der Waals surface area contributed by atoms with E-state index in [1.54, 1.807) is 0 Å². The molecule has 17 aromatic rings. The zero-order valence-corrected chi connectivity index (χ0v) is 44.0. The Morgan fingerprint density at radius 3 is 1.20 bits per heavy atom. The van der Waals surface area contributed by atoms with Crippen molar-refractivity contribution < 1.29 is 17.7 Å². The van der Waals surface area contributed by atoms with Crippen molar-refractivity contribution in [3.8, 4) is 39.1 Å². The third kappa shape index (κ3) is 7.15. The molecule has 1 aliphatic rings. The lowest BCUT2D eigenvalue weighted by molar-refractivity contribution is 0.666. The van der Waals surface area contributed by atoms with E-state index in [0.717, 1.165) is 127 Å². The average molecular weight is 1080 g/mol. The van der Waals surface area contributed by atoms with Gasteiger partial charge in [-0.1, -0.05) is 206 Å². The number of halogens is 1. The third-order valence-electron chi connectivity index (χ3n) is 15.9. The summed E-state index contributed by atoms with van der Waals surface area (Å²) in [5, 5.41) is 11.4. The fourth-order valence-electron chi connectivity index (χ4n) is 12.5. The summed E-state index contributed by atoms with van der Waals surface area (Å²) >= 11 is 3.61. The summed E-state index contributed by atoms with van der Waals surface area (Å²) in [6.45, 7) is 0. The van der Waals surface area contributed by atoms with E-state index in [4.69, 9.17) is 17.7 Å². The molecule has 5 nitrogen and oxygen atoms in total. The Labute approximate surface area is 460 Å². The van der Waals surface area contributed by atoms with E-state index in [-0.39, 0.29) is 0 Å². The van der Waals surface area contributed by atoms with E-state index >= 15 is 0 Å². The molecule has 0 unspecified atom stereocenters. The van der Waals surface area contributed by atoms with Gasteiger partial charge in [0.1, 0.15) is 39.1 Å². The maximum Gasteiger partial charge on any atom is 0.159 e. The Hall–Kier alpha value is -9.88. The molecule has 5 aromatic heterocycles. The minimum absolute atomic E-state index is 0.865. The molecule has 0 fully saturated rings. The van der Waals surface area contributed by atoms with Crippen molar-refractivity contribution in [3.05, 3.63) is 270 Å². The molecule has 0 spiro atoms. The van der Waals surface area contributed by atoms with Crippen LogP contribution in [0.2, 0.25) is 0 Å². The normalized spacial score (nSPS) is 12.1. The maximum atomic E-state index is 6.69. The van der Waals surface area contributed by atoms with Crippen molar-refractivity contribution in [1.29, 1.82) is 0 Å². The van der Waals surface area contributed by atoms with Crippen LogP contribution in [0.15, 0.2) is 277 Å². The van der Waals surface area contributed by atoms with Crippen molar-refractivity contribution in [2.75, 3.05) is 0 Å². The van der Waals surface area contributed by atoms with Crippen LogP contribution in [0.1, 0.15) is 11.1 Å². The Balaban J connectivity index is 0.000000112. The summed E-state index contributed by atoms with van der Waals surface area (Å²) in [6, 6.07) is 88.7. The van der Waals surface area contributed by atoms with Crippen LogP contribution in [0, 0.1) is 0 Å². The molecule has 12 aromatic carbocycles. The van der Waals surface area contributed by atoms with Crippen LogP contribution in [0.4, 0.5) is 0 Å². The summed E-state index contributed by atoms with van der Waals surface area (Å²) in [6.07, 6.45) is 1.10. The summed E-state index contributed by atoms with van der Waals surface area (Å²) in [5.41, 5.74) is 20.6. The number of para-hydroxylation sites is 8. The predicted octanol–water partition coefficient (Wildman–Crippen LogP) is 21.4. The van der Waals surface area contributed by atoms with Crippen LogP contribution in [-0.4, -0.2) is 4.57 Å². The smallest absolute Gasteiger partial charge is 0.159 e. The van der Waals surface area contributed by atoms with Gasteiger partial charge in [0.15, 0.2) is 5.58 Å². The standard InChI is InChI=1S/C36H21NO2.C24H13BrO2.C13H10/c1-4-17-29-22(10-1)23-11-2-5-18-30(23)37(29)31-19-8-16-28-34-25(13-9-21-33(34)39-36(28)31)27-15-7-14-26-24-12-3-6-20-32(24)38-35(26)27;25-19-11-4-10-18-22-15(7-5-13-21(22)27-24(18)19)17-9-3-8-16-14-6-1-2-12-20(14)26-23(16)17;1-3-7-12-10(5-1)9-11-6-2-4-8-13(11)12/h1-21H;1-13H;1-8H,9H2. The molecule has 18 rings (SSSR count). The largest absolute Gasteiger partial charge is 0.455 e. The van der Waals surface area contributed by atoms with E-state index in [0.29, 0.717) is 0 Å². The quantitative estimate of drug-likeness (QED) is 0.177. The van der Waals surface area contributed by atoms with Gasteiger partial charge in [-0.15, -0.1) is 0 Å². The van der Waals surface area contributed by atoms with Crippen molar-refractivity contribution in [3.63, 3.8) is 0 Å². The van der Waals surface area contributed by atoms with E-state index in [1.165, 1.54) is 44.1 Å². The average Bonchev–Trinajstić information content (AvgIpc) is 4.57. The van der Waals surface area contributed by atoms with Gasteiger partial charge in [-0.3, -0.25) is 0 Å². The number of fused-ring (bicyclic) bond motifs is 18. The molecular formula is C73H44BrNO4. The first-order valence-corrected chi connectivity index (χ1v) is 27.4. The van der Waals surface area contributed by atoms with Gasteiger partial charge in [-0.25, -0.2) is 0 Å². The maximum absolute atomic E-state index is 6.69. The Kier molecular flexibility index (Phi) is 10.4. The first kappa shape index (κ1) is 45.3. The molecule has 79 heavy (non-hydrogen) atoms. The molecule has 0 amide bonds. The Bertz CT molecular complexity index is 5180. The molecule has 0 bridgehead atoms. The van der Waals surface area contributed by atoms with Gasteiger partial charge in [0.05, 0.1) is 21.2 Å². The van der Waals surface area contributed by atoms with Crippen molar-refractivity contribution in [2.24, 2.45) is 0 Å². The van der Waals surface area contributed by atoms with Crippen LogP contribution in [-0.2, 0) is 6.42 Å². The first-order valence-electron chi connectivity index (χ1n) is 26.6. The molecule has 0 atom stereocenters. The SMILES string of the molecule is Brc1cccc2c1oc1cccc(-c3cccc4c3oc3ccccc34)c12.c1ccc2c(c1)Cc1ccccc1-2.c1ccc2c(c1)oc1c(-c3cccc4oc5c(-n6c7ccccc7c7ccccc76)cccc5c34)cccc12. The highest BCUT2D eigenvalue weighted by Gasteiger charge is 2.23. The van der Waals surface area contributed by atoms with Gasteiger partial charge in [0, 0.05) is 65.0 Å². The molecular weight excluding hydrogens is 1030 g/mol. The molecule has 372 valence electrons. The molecule has 0 radical (unpaired) electrons. The zero-order chi connectivity index (χ0) is 52.1. The van der Waals surface area contributed by atoms with Crippen molar-refractivity contribution in [1.82, 2.24) is 4.57 Å². The first-order chi connectivity index (χ1) is 39.1. The van der Waals surface area contributed by atoms with Crippen LogP contribution in [0.5, 0.6) is 0 Å². The molecule has 6 heteroatoms. The third-order valence-corrected chi connectivity index (χ3v) is 16.5. The molecule has 0 saturated carbocycles. The summed E-state index contributed by atoms with van der Waals surface area (Å²) in [4.78, 5) is 0. The lowest BCUT2D eigenvalue weighted by Gasteiger charge is -2.08. The van der Waals surface area contributed by atoms with Crippen molar-refractivity contribution in [2.45, 2.75) is 6.42 Å². The zero-order valence-electron chi connectivity index (χ0n) is 42.4. The number of nitrogens with zero attached hydrogens (tertiary/aromatic N) is 1. The second kappa shape index (κ2) is 18.1. The van der Waals surface area contributed by atoms with E-state index in [1.807, 2.05) is 54.6 Å². The van der Waals surface area contributed by atoms with Gasteiger partial charge in [0.2, 0.25) is 0 Å². The number of hydrogen-bond donors (Lipinski definition) is 0.